The lowest BCUT2D eigenvalue weighted by molar-refractivity contribution is 0.514. The summed E-state index contributed by atoms with van der Waals surface area (Å²) in [4.78, 5) is 8.90. The summed E-state index contributed by atoms with van der Waals surface area (Å²) < 4.78 is 0. The average Bonchev–Trinajstić information content (AvgIpc) is 2.77. The number of hydrogen-bond acceptors (Lipinski definition) is 3. The molecule has 0 spiro atoms. The van der Waals surface area contributed by atoms with Crippen molar-refractivity contribution in [3.05, 3.63) is 65.8 Å². The molecule has 0 bridgehead atoms. The molecule has 19 heavy (non-hydrogen) atoms. The van der Waals surface area contributed by atoms with Crippen molar-refractivity contribution in [3.8, 4) is 0 Å². The molecule has 96 valence electrons. The van der Waals surface area contributed by atoms with Crippen molar-refractivity contribution in [1.29, 1.82) is 0 Å². The lowest BCUT2D eigenvalue weighted by Gasteiger charge is -2.17. The van der Waals surface area contributed by atoms with E-state index in [0.717, 1.165) is 17.1 Å². The van der Waals surface area contributed by atoms with Crippen LogP contribution >= 0.6 is 0 Å². The summed E-state index contributed by atoms with van der Waals surface area (Å²) in [7, 11) is 0. The minimum Gasteiger partial charge on any atom is -0.374 e. The third-order valence-electron chi connectivity index (χ3n) is 3.80. The predicted molar refractivity (Wildman–Crippen MR) is 76.1 cm³/mol. The third kappa shape index (κ3) is 2.12. The highest BCUT2D eigenvalue weighted by molar-refractivity contribution is 5.67. The lowest BCUT2D eigenvalue weighted by atomic mass is 9.95. The van der Waals surface area contributed by atoms with Gasteiger partial charge in [-0.05, 0) is 36.8 Å². The van der Waals surface area contributed by atoms with Crippen LogP contribution in [-0.4, -0.2) is 9.97 Å². The maximum absolute atomic E-state index is 4.46. The van der Waals surface area contributed by atoms with Gasteiger partial charge in [-0.2, -0.15) is 0 Å². The molecule has 3 rings (SSSR count). The normalized spacial score (nSPS) is 22.4. The van der Waals surface area contributed by atoms with Crippen molar-refractivity contribution in [1.82, 2.24) is 15.3 Å². The van der Waals surface area contributed by atoms with Crippen molar-refractivity contribution < 1.29 is 0 Å². The van der Waals surface area contributed by atoms with E-state index in [1.165, 1.54) is 5.57 Å². The summed E-state index contributed by atoms with van der Waals surface area (Å²) >= 11 is 0. The molecule has 0 fully saturated rings. The first-order valence-corrected chi connectivity index (χ1v) is 6.57. The average molecular weight is 251 g/mol. The molecule has 2 aromatic rings. The Morgan fingerprint density at radius 1 is 1.00 bits per heavy atom. The molecule has 0 saturated heterocycles. The van der Waals surface area contributed by atoms with E-state index >= 15 is 0 Å². The van der Waals surface area contributed by atoms with Crippen LogP contribution in [0.4, 0.5) is 0 Å². The van der Waals surface area contributed by atoms with Crippen LogP contribution in [-0.2, 0) is 0 Å². The Labute approximate surface area is 113 Å². The molecule has 1 aliphatic heterocycles. The van der Waals surface area contributed by atoms with Gasteiger partial charge in [0.1, 0.15) is 0 Å². The highest BCUT2D eigenvalue weighted by Crippen LogP contribution is 2.37. The van der Waals surface area contributed by atoms with Gasteiger partial charge in [0, 0.05) is 18.3 Å². The number of aromatic nitrogens is 2. The van der Waals surface area contributed by atoms with Gasteiger partial charge in [-0.3, -0.25) is 9.97 Å². The van der Waals surface area contributed by atoms with Gasteiger partial charge in [-0.15, -0.1) is 0 Å². The van der Waals surface area contributed by atoms with Crippen molar-refractivity contribution in [3.63, 3.8) is 0 Å². The number of nitrogens with one attached hydrogen (secondary N) is 1. The van der Waals surface area contributed by atoms with E-state index in [9.17, 15) is 0 Å². The quantitative estimate of drug-likeness (QED) is 0.890. The van der Waals surface area contributed by atoms with E-state index in [4.69, 9.17) is 0 Å². The zero-order chi connectivity index (χ0) is 13.2. The highest BCUT2D eigenvalue weighted by atomic mass is 15.0. The second-order valence-corrected chi connectivity index (χ2v) is 4.94. The van der Waals surface area contributed by atoms with Crippen LogP contribution in [0.2, 0.25) is 0 Å². The Morgan fingerprint density at radius 3 is 2.37 bits per heavy atom. The van der Waals surface area contributed by atoms with Crippen LogP contribution < -0.4 is 5.32 Å². The summed E-state index contributed by atoms with van der Waals surface area (Å²) in [6.07, 6.45) is 3.67. The minimum absolute atomic E-state index is 0.234. The zero-order valence-corrected chi connectivity index (χ0v) is 11.2. The molecule has 1 aliphatic rings. The molecule has 2 atom stereocenters. The molecule has 0 amide bonds. The van der Waals surface area contributed by atoms with Gasteiger partial charge in [0.25, 0.3) is 0 Å². The molecule has 3 nitrogen and oxygen atoms in total. The summed E-state index contributed by atoms with van der Waals surface area (Å²) in [5.74, 6) is 0.423. The van der Waals surface area contributed by atoms with Crippen LogP contribution in [0.25, 0.3) is 5.70 Å². The smallest absolute Gasteiger partial charge is 0.0860 e. The largest absolute Gasteiger partial charge is 0.374 e. The summed E-state index contributed by atoms with van der Waals surface area (Å²) in [6, 6.07) is 12.3. The molecule has 2 unspecified atom stereocenters. The fraction of sp³-hybridized carbons (Fsp3) is 0.250. The third-order valence-corrected chi connectivity index (χ3v) is 3.80. The standard InChI is InChI=1S/C16H17N3/c1-11-12(2)16(14-8-4-6-10-18-14)19-15(11)13-7-3-5-9-17-13/h3-11,15,19H,1-2H3. The summed E-state index contributed by atoms with van der Waals surface area (Å²) in [5.41, 5.74) is 4.57. The maximum atomic E-state index is 4.46. The summed E-state index contributed by atoms with van der Waals surface area (Å²) in [5, 5.41) is 3.58. The Hall–Kier alpha value is -2.16. The zero-order valence-electron chi connectivity index (χ0n) is 11.2. The Kier molecular flexibility index (Phi) is 3.03. The van der Waals surface area contributed by atoms with Gasteiger partial charge in [0.2, 0.25) is 0 Å². The summed E-state index contributed by atoms with van der Waals surface area (Å²) in [6.45, 7) is 4.40. The molecule has 0 saturated carbocycles. The van der Waals surface area contributed by atoms with Crippen molar-refractivity contribution >= 4 is 5.70 Å². The number of rotatable bonds is 2. The number of pyridine rings is 2. The van der Waals surface area contributed by atoms with Gasteiger partial charge in [-0.1, -0.05) is 19.1 Å². The number of nitrogens with zero attached hydrogens (tertiary/aromatic N) is 2. The lowest BCUT2D eigenvalue weighted by Crippen LogP contribution is -2.19. The Morgan fingerprint density at radius 2 is 1.74 bits per heavy atom. The molecular formula is C16H17N3. The molecule has 3 heteroatoms. The highest BCUT2D eigenvalue weighted by Gasteiger charge is 2.31. The molecule has 3 heterocycles. The van der Waals surface area contributed by atoms with E-state index in [0.29, 0.717) is 5.92 Å². The molecule has 1 N–H and O–H groups in total. The second-order valence-electron chi connectivity index (χ2n) is 4.94. The van der Waals surface area contributed by atoms with Crippen LogP contribution in [0.15, 0.2) is 54.4 Å². The van der Waals surface area contributed by atoms with Crippen LogP contribution in [0.5, 0.6) is 0 Å². The first-order chi connectivity index (χ1) is 9.27. The fourth-order valence-electron chi connectivity index (χ4n) is 2.55. The van der Waals surface area contributed by atoms with Crippen molar-refractivity contribution in [2.24, 2.45) is 5.92 Å². The predicted octanol–water partition coefficient (Wildman–Crippen LogP) is 3.19. The topological polar surface area (TPSA) is 37.8 Å². The second kappa shape index (κ2) is 4.84. The molecule has 0 aliphatic carbocycles. The molecular weight excluding hydrogens is 234 g/mol. The van der Waals surface area contributed by atoms with Crippen LogP contribution in [0.1, 0.15) is 31.3 Å². The minimum atomic E-state index is 0.234. The van der Waals surface area contributed by atoms with Gasteiger partial charge >= 0.3 is 0 Å². The van der Waals surface area contributed by atoms with Gasteiger partial charge < -0.3 is 5.32 Å². The first-order valence-electron chi connectivity index (χ1n) is 6.57. The van der Waals surface area contributed by atoms with Crippen LogP contribution in [0, 0.1) is 5.92 Å². The van der Waals surface area contributed by atoms with Gasteiger partial charge in [-0.25, -0.2) is 0 Å². The monoisotopic (exact) mass is 251 g/mol. The van der Waals surface area contributed by atoms with Crippen molar-refractivity contribution in [2.45, 2.75) is 19.9 Å². The van der Waals surface area contributed by atoms with Gasteiger partial charge in [0.15, 0.2) is 0 Å². The van der Waals surface area contributed by atoms with E-state index < -0.39 is 0 Å². The van der Waals surface area contributed by atoms with Gasteiger partial charge in [0.05, 0.1) is 23.1 Å². The molecule has 0 radical (unpaired) electrons. The van der Waals surface area contributed by atoms with E-state index in [2.05, 4.69) is 35.2 Å². The van der Waals surface area contributed by atoms with E-state index in [1.54, 1.807) is 0 Å². The van der Waals surface area contributed by atoms with E-state index in [1.807, 2.05) is 42.7 Å². The maximum Gasteiger partial charge on any atom is 0.0860 e. The first kappa shape index (κ1) is 11.9. The van der Waals surface area contributed by atoms with E-state index in [-0.39, 0.29) is 6.04 Å². The Bertz CT molecular complexity index is 590. The number of hydrogen-bond donors (Lipinski definition) is 1. The van der Waals surface area contributed by atoms with Crippen molar-refractivity contribution in [2.75, 3.05) is 0 Å². The Balaban J connectivity index is 1.93. The molecule has 0 aromatic carbocycles. The molecule has 2 aromatic heterocycles. The van der Waals surface area contributed by atoms with Crippen LogP contribution in [0.3, 0.4) is 0 Å². The SMILES string of the molecule is CC1=C(c2ccccn2)NC(c2ccccn2)C1C. The fourth-order valence-corrected chi connectivity index (χ4v) is 2.55.